The molecule has 4 rings (SSSR count). The van der Waals surface area contributed by atoms with Crippen LogP contribution in [0.3, 0.4) is 0 Å². The Kier molecular flexibility index (Phi) is 9.94. The molecule has 43 heavy (non-hydrogen) atoms. The number of carbonyl (C=O) groups is 2. The van der Waals surface area contributed by atoms with E-state index in [4.69, 9.17) is 9.47 Å². The predicted octanol–water partition coefficient (Wildman–Crippen LogP) is 2.54. The number of sulfonamides is 1. The first-order valence-electron chi connectivity index (χ1n) is 13.8. The molecule has 1 aromatic heterocycles. The van der Waals surface area contributed by atoms with Crippen molar-refractivity contribution in [2.45, 2.75) is 37.4 Å². The summed E-state index contributed by atoms with van der Waals surface area (Å²) in [6, 6.07) is 10.9. The van der Waals surface area contributed by atoms with E-state index < -0.39 is 28.2 Å². The number of aliphatic hydroxyl groups is 1. The van der Waals surface area contributed by atoms with Gasteiger partial charge in [0.05, 0.1) is 39.1 Å². The number of carbonyl (C=O) groups excluding carboxylic acids is 2. The minimum Gasteiger partial charge on any atom is -0.497 e. The van der Waals surface area contributed by atoms with Gasteiger partial charge in [-0.3, -0.25) is 4.79 Å². The monoisotopic (exact) mass is 614 g/mol. The Bertz CT molecular complexity index is 1540. The Labute approximate surface area is 251 Å². The van der Waals surface area contributed by atoms with Gasteiger partial charge in [-0.1, -0.05) is 6.92 Å². The van der Waals surface area contributed by atoms with Crippen molar-refractivity contribution >= 4 is 33.3 Å². The van der Waals surface area contributed by atoms with Crippen molar-refractivity contribution < 1.29 is 32.6 Å². The highest BCUT2D eigenvalue weighted by molar-refractivity contribution is 7.89. The average Bonchev–Trinajstić information content (AvgIpc) is 3.44. The van der Waals surface area contributed by atoms with Crippen molar-refractivity contribution in [2.24, 2.45) is 13.0 Å². The van der Waals surface area contributed by atoms with Crippen LogP contribution in [0.4, 0.5) is 16.2 Å². The lowest BCUT2D eigenvalue weighted by Gasteiger charge is -2.33. The number of aromatic nitrogens is 2. The van der Waals surface area contributed by atoms with Gasteiger partial charge >= 0.3 is 6.03 Å². The topological polar surface area (TPSA) is 155 Å². The van der Waals surface area contributed by atoms with E-state index in [-0.39, 0.29) is 43.0 Å². The van der Waals surface area contributed by atoms with E-state index in [1.807, 2.05) is 6.92 Å². The van der Waals surface area contributed by atoms with Crippen LogP contribution in [-0.2, 0) is 28.3 Å². The largest absolute Gasteiger partial charge is 0.497 e. The van der Waals surface area contributed by atoms with Gasteiger partial charge < -0.3 is 34.7 Å². The lowest BCUT2D eigenvalue weighted by Crippen LogP contribution is -2.48. The zero-order valence-corrected chi connectivity index (χ0v) is 25.7. The Morgan fingerprint density at radius 3 is 2.51 bits per heavy atom. The number of urea groups is 1. The molecule has 232 valence electrons. The first kappa shape index (κ1) is 31.8. The van der Waals surface area contributed by atoms with Gasteiger partial charge in [0.2, 0.25) is 5.91 Å². The maximum atomic E-state index is 13.5. The summed E-state index contributed by atoms with van der Waals surface area (Å²) in [6.45, 7) is 3.61. The van der Waals surface area contributed by atoms with Gasteiger partial charge in [0.25, 0.3) is 10.0 Å². The van der Waals surface area contributed by atoms with Gasteiger partial charge in [0.1, 0.15) is 17.6 Å². The Morgan fingerprint density at radius 1 is 1.21 bits per heavy atom. The summed E-state index contributed by atoms with van der Waals surface area (Å²) in [5.74, 6) is 0.519. The molecule has 0 fully saturated rings. The van der Waals surface area contributed by atoms with Gasteiger partial charge in [0.15, 0.2) is 5.03 Å². The van der Waals surface area contributed by atoms with Crippen molar-refractivity contribution in [2.75, 3.05) is 44.5 Å². The van der Waals surface area contributed by atoms with Gasteiger partial charge in [-0.05, 0) is 49.4 Å². The second-order valence-electron chi connectivity index (χ2n) is 10.7. The number of aryl methyl sites for hydroxylation is 1. The second-order valence-corrected chi connectivity index (χ2v) is 12.7. The Balaban J connectivity index is 1.59. The fourth-order valence-electron chi connectivity index (χ4n) is 4.73. The lowest BCUT2D eigenvalue weighted by atomic mass is 10.0. The van der Waals surface area contributed by atoms with E-state index in [0.29, 0.717) is 28.4 Å². The predicted molar refractivity (Wildman–Crippen MR) is 161 cm³/mol. The molecular weight excluding hydrogens is 576 g/mol. The summed E-state index contributed by atoms with van der Waals surface area (Å²) in [5.41, 5.74) is 1.51. The number of methoxy groups -OCH3 is 1. The highest BCUT2D eigenvalue weighted by atomic mass is 32.2. The molecule has 2 heterocycles. The van der Waals surface area contributed by atoms with Crippen molar-refractivity contribution in [3.05, 3.63) is 60.6 Å². The van der Waals surface area contributed by atoms with E-state index in [1.165, 1.54) is 23.9 Å². The maximum absolute atomic E-state index is 13.5. The van der Waals surface area contributed by atoms with Crippen LogP contribution in [0.25, 0.3) is 0 Å². The smallest absolute Gasteiger partial charge is 0.323 e. The summed E-state index contributed by atoms with van der Waals surface area (Å²) in [7, 11) is 0.798. The summed E-state index contributed by atoms with van der Waals surface area (Å²) >= 11 is 0. The van der Waals surface area contributed by atoms with E-state index in [9.17, 15) is 23.1 Å². The number of amides is 3. The molecule has 0 radical (unpaired) electrons. The Morgan fingerprint density at radius 2 is 1.88 bits per heavy atom. The van der Waals surface area contributed by atoms with Crippen molar-refractivity contribution in [1.82, 2.24) is 18.8 Å². The van der Waals surface area contributed by atoms with E-state index in [0.717, 1.165) is 0 Å². The standard InChI is InChI=1S/C29H38N6O7S/c1-19-14-35(20(2)17-36)28(37)13-21-12-23(32-29(38)31-22-6-9-24(41-5)10-7-22)8-11-25(21)42-26(19)15-34(4)43(39,40)27-16-33(3)18-30-27/h6-12,16,18-20,26,36H,13-15,17H2,1-5H3,(H2,31,32,38)/t19-,20+,26-/m1/s1. The summed E-state index contributed by atoms with van der Waals surface area (Å²) < 4.78 is 40.7. The van der Waals surface area contributed by atoms with Gasteiger partial charge in [0, 0.05) is 49.7 Å². The molecule has 0 unspecified atom stereocenters. The molecule has 0 bridgehead atoms. The van der Waals surface area contributed by atoms with Crippen LogP contribution in [0, 0.1) is 5.92 Å². The number of anilines is 2. The third kappa shape index (κ3) is 7.63. The number of nitrogens with zero attached hydrogens (tertiary/aromatic N) is 4. The van der Waals surface area contributed by atoms with Crippen LogP contribution in [0.1, 0.15) is 19.4 Å². The normalized spacial score (nSPS) is 18.1. The van der Waals surface area contributed by atoms with E-state index >= 15 is 0 Å². The highest BCUT2D eigenvalue weighted by Crippen LogP contribution is 2.30. The zero-order chi connectivity index (χ0) is 31.3. The molecule has 0 spiro atoms. The van der Waals surface area contributed by atoms with E-state index in [2.05, 4.69) is 15.6 Å². The van der Waals surface area contributed by atoms with Crippen LogP contribution in [-0.4, -0.2) is 90.2 Å². The molecule has 1 aliphatic rings. The molecular formula is C29H38N6O7S. The number of hydrogen-bond donors (Lipinski definition) is 3. The molecule has 0 saturated heterocycles. The number of aliphatic hydroxyl groups excluding tert-OH is 1. The number of nitrogens with one attached hydrogen (secondary N) is 2. The molecule has 0 saturated carbocycles. The molecule has 3 amide bonds. The van der Waals surface area contributed by atoms with Crippen LogP contribution >= 0.6 is 0 Å². The highest BCUT2D eigenvalue weighted by Gasteiger charge is 2.34. The fourth-order valence-corrected chi connectivity index (χ4v) is 5.87. The average molecular weight is 615 g/mol. The second kappa shape index (κ2) is 13.4. The number of benzene rings is 2. The van der Waals surface area contributed by atoms with Crippen LogP contribution in [0.5, 0.6) is 11.5 Å². The van der Waals surface area contributed by atoms with E-state index in [1.54, 1.807) is 73.0 Å². The number of likely N-dealkylation sites (N-methyl/N-ethyl adjacent to an activating group) is 1. The number of hydrogen-bond acceptors (Lipinski definition) is 8. The minimum absolute atomic E-state index is 0.0146. The molecule has 3 N–H and O–H groups in total. The quantitative estimate of drug-likeness (QED) is 0.332. The first-order chi connectivity index (χ1) is 20.4. The molecule has 13 nitrogen and oxygen atoms in total. The molecule has 3 atom stereocenters. The Hall–Kier alpha value is -4.14. The SMILES string of the molecule is COc1ccc(NC(=O)Nc2ccc3c(c2)CC(=O)N([C@@H](C)CO)C[C@@H](C)[C@@H](CN(C)S(=O)(=O)c2cn(C)cn2)O3)cc1. The maximum Gasteiger partial charge on any atom is 0.323 e. The first-order valence-corrected chi connectivity index (χ1v) is 15.2. The molecule has 3 aromatic rings. The van der Waals surface area contributed by atoms with Gasteiger partial charge in [-0.25, -0.2) is 18.2 Å². The minimum atomic E-state index is -3.90. The van der Waals surface area contributed by atoms with Crippen molar-refractivity contribution in [1.29, 1.82) is 0 Å². The lowest BCUT2D eigenvalue weighted by molar-refractivity contribution is -0.134. The summed E-state index contributed by atoms with van der Waals surface area (Å²) in [6.07, 6.45) is 2.14. The fraction of sp³-hybridized carbons (Fsp3) is 0.414. The zero-order valence-electron chi connectivity index (χ0n) is 24.9. The number of fused-ring (bicyclic) bond motifs is 1. The van der Waals surface area contributed by atoms with Crippen molar-refractivity contribution in [3.63, 3.8) is 0 Å². The number of ether oxygens (including phenoxy) is 2. The summed E-state index contributed by atoms with van der Waals surface area (Å²) in [4.78, 5) is 31.7. The molecule has 0 aliphatic carbocycles. The number of rotatable bonds is 9. The van der Waals surface area contributed by atoms with Gasteiger partial charge in [-0.15, -0.1) is 0 Å². The van der Waals surface area contributed by atoms with Crippen LogP contribution in [0.15, 0.2) is 60.0 Å². The van der Waals surface area contributed by atoms with Crippen LogP contribution < -0.4 is 20.1 Å². The summed E-state index contributed by atoms with van der Waals surface area (Å²) in [5, 5.41) is 15.3. The molecule has 14 heteroatoms. The molecule has 1 aliphatic heterocycles. The van der Waals surface area contributed by atoms with Crippen LogP contribution in [0.2, 0.25) is 0 Å². The molecule has 2 aromatic carbocycles. The number of imidazole rings is 1. The third-order valence-electron chi connectivity index (χ3n) is 7.32. The van der Waals surface area contributed by atoms with Gasteiger partial charge in [-0.2, -0.15) is 4.31 Å². The third-order valence-corrected chi connectivity index (χ3v) is 9.02. The van der Waals surface area contributed by atoms with Crippen molar-refractivity contribution in [3.8, 4) is 11.5 Å².